The molecule has 1 N–H and O–H groups in total. The monoisotopic (exact) mass is 229 g/mol. The van der Waals surface area contributed by atoms with Crippen LogP contribution in [0, 0.1) is 11.8 Å². The zero-order valence-corrected chi connectivity index (χ0v) is 11.2. The Labute approximate surface area is 99.9 Å². The molecular weight excluding hydrogens is 202 g/mol. The summed E-state index contributed by atoms with van der Waals surface area (Å²) in [5.41, 5.74) is 0. The first-order valence-corrected chi connectivity index (χ1v) is 6.49. The molecule has 16 heavy (non-hydrogen) atoms. The van der Waals surface area contributed by atoms with Gasteiger partial charge in [0.15, 0.2) is 0 Å². The molecule has 0 heterocycles. The lowest BCUT2D eigenvalue weighted by Gasteiger charge is -2.31. The summed E-state index contributed by atoms with van der Waals surface area (Å²) in [5.74, 6) is 1.38. The topological polar surface area (TPSA) is 30.5 Å². The fourth-order valence-electron chi connectivity index (χ4n) is 2.42. The molecule has 1 rings (SSSR count). The summed E-state index contributed by atoms with van der Waals surface area (Å²) in [6.45, 7) is 6.30. The molecule has 0 amide bonds. The molecule has 0 aliphatic heterocycles. The highest BCUT2D eigenvalue weighted by molar-refractivity contribution is 4.92. The van der Waals surface area contributed by atoms with Gasteiger partial charge in [0, 0.05) is 26.9 Å². The molecule has 0 spiro atoms. The molecular formula is C13H27NO2. The van der Waals surface area contributed by atoms with E-state index in [0.717, 1.165) is 25.5 Å². The molecule has 0 aromatic rings. The van der Waals surface area contributed by atoms with Crippen molar-refractivity contribution in [3.8, 4) is 0 Å². The summed E-state index contributed by atoms with van der Waals surface area (Å²) in [7, 11) is 3.61. The normalized spacial score (nSPS) is 21.8. The average molecular weight is 229 g/mol. The predicted octanol–water partition coefficient (Wildman–Crippen LogP) is 2.06. The number of ether oxygens (including phenoxy) is 2. The van der Waals surface area contributed by atoms with E-state index in [2.05, 4.69) is 19.2 Å². The Kier molecular flexibility index (Phi) is 6.32. The van der Waals surface area contributed by atoms with E-state index in [4.69, 9.17) is 9.47 Å². The molecule has 0 aromatic carbocycles. The van der Waals surface area contributed by atoms with Crippen molar-refractivity contribution in [3.05, 3.63) is 0 Å². The van der Waals surface area contributed by atoms with Crippen LogP contribution < -0.4 is 5.32 Å². The second-order valence-corrected chi connectivity index (χ2v) is 4.88. The van der Waals surface area contributed by atoms with Gasteiger partial charge in [-0.05, 0) is 37.6 Å². The maximum absolute atomic E-state index is 5.69. The first kappa shape index (κ1) is 13.9. The number of hydrogen-bond acceptors (Lipinski definition) is 3. The van der Waals surface area contributed by atoms with Crippen molar-refractivity contribution in [2.45, 2.75) is 45.3 Å². The molecule has 96 valence electrons. The molecule has 0 radical (unpaired) electrons. The Balaban J connectivity index is 2.48. The Bertz CT molecular complexity index is 183. The molecule has 3 nitrogen and oxygen atoms in total. The maximum Gasteiger partial charge on any atom is 0.0754 e. The van der Waals surface area contributed by atoms with Gasteiger partial charge in [-0.15, -0.1) is 0 Å². The fraction of sp³-hybridized carbons (Fsp3) is 1.00. The molecule has 3 heteroatoms. The number of hydrogen-bond donors (Lipinski definition) is 1. The van der Waals surface area contributed by atoms with Crippen LogP contribution in [0.4, 0.5) is 0 Å². The van der Waals surface area contributed by atoms with Gasteiger partial charge in [-0.25, -0.2) is 0 Å². The Morgan fingerprint density at radius 2 is 2.00 bits per heavy atom. The van der Waals surface area contributed by atoms with Crippen LogP contribution in [0.3, 0.4) is 0 Å². The van der Waals surface area contributed by atoms with Crippen molar-refractivity contribution in [1.29, 1.82) is 0 Å². The third kappa shape index (κ3) is 4.04. The second-order valence-electron chi connectivity index (χ2n) is 4.88. The van der Waals surface area contributed by atoms with E-state index in [9.17, 15) is 0 Å². The molecule has 3 unspecified atom stereocenters. The summed E-state index contributed by atoms with van der Waals surface area (Å²) in [4.78, 5) is 0. The third-order valence-corrected chi connectivity index (χ3v) is 3.54. The number of nitrogens with one attached hydrogen (secondary N) is 1. The largest absolute Gasteiger partial charge is 0.385 e. The molecule has 0 aromatic heterocycles. The summed E-state index contributed by atoms with van der Waals surface area (Å²) in [6, 6.07) is 0.470. The molecule has 1 aliphatic carbocycles. The van der Waals surface area contributed by atoms with Gasteiger partial charge in [-0.2, -0.15) is 0 Å². The van der Waals surface area contributed by atoms with E-state index >= 15 is 0 Å². The maximum atomic E-state index is 5.69. The van der Waals surface area contributed by atoms with Crippen LogP contribution in [0.2, 0.25) is 0 Å². The highest BCUT2D eigenvalue weighted by Gasteiger charge is 2.38. The average Bonchev–Trinajstić information content (AvgIpc) is 3.10. The van der Waals surface area contributed by atoms with Gasteiger partial charge >= 0.3 is 0 Å². The SMILES string of the molecule is CCNC(C(C)CCOC)C(OC)C1CC1. The van der Waals surface area contributed by atoms with Crippen molar-refractivity contribution in [1.82, 2.24) is 5.32 Å². The van der Waals surface area contributed by atoms with Crippen LogP contribution in [0.5, 0.6) is 0 Å². The smallest absolute Gasteiger partial charge is 0.0754 e. The van der Waals surface area contributed by atoms with Crippen LogP contribution in [0.15, 0.2) is 0 Å². The van der Waals surface area contributed by atoms with Crippen LogP contribution in [0.1, 0.15) is 33.1 Å². The van der Waals surface area contributed by atoms with Gasteiger partial charge in [-0.1, -0.05) is 13.8 Å². The number of methoxy groups -OCH3 is 2. The van der Waals surface area contributed by atoms with Gasteiger partial charge in [0.1, 0.15) is 0 Å². The standard InChI is InChI=1S/C13H27NO2/c1-5-14-12(10(2)8-9-15-3)13(16-4)11-6-7-11/h10-14H,5-9H2,1-4H3. The van der Waals surface area contributed by atoms with E-state index in [1.807, 2.05) is 7.11 Å². The minimum atomic E-state index is 0.381. The lowest BCUT2D eigenvalue weighted by Crippen LogP contribution is -2.46. The Morgan fingerprint density at radius 1 is 1.31 bits per heavy atom. The molecule has 0 saturated heterocycles. The van der Waals surface area contributed by atoms with Gasteiger partial charge in [0.05, 0.1) is 6.10 Å². The van der Waals surface area contributed by atoms with Gasteiger partial charge in [0.2, 0.25) is 0 Å². The van der Waals surface area contributed by atoms with Gasteiger partial charge in [-0.3, -0.25) is 0 Å². The fourth-order valence-corrected chi connectivity index (χ4v) is 2.42. The molecule has 3 atom stereocenters. The van der Waals surface area contributed by atoms with Crippen molar-refractivity contribution < 1.29 is 9.47 Å². The number of likely N-dealkylation sites (N-methyl/N-ethyl adjacent to an activating group) is 1. The minimum Gasteiger partial charge on any atom is -0.385 e. The van der Waals surface area contributed by atoms with E-state index in [1.165, 1.54) is 12.8 Å². The zero-order chi connectivity index (χ0) is 12.0. The summed E-state index contributed by atoms with van der Waals surface area (Å²) >= 11 is 0. The van der Waals surface area contributed by atoms with E-state index < -0.39 is 0 Å². The van der Waals surface area contributed by atoms with E-state index in [0.29, 0.717) is 18.1 Å². The van der Waals surface area contributed by atoms with E-state index in [-0.39, 0.29) is 0 Å². The van der Waals surface area contributed by atoms with Crippen LogP contribution in [0.25, 0.3) is 0 Å². The summed E-state index contributed by atoms with van der Waals surface area (Å²) in [6.07, 6.45) is 4.14. The Morgan fingerprint density at radius 3 is 2.44 bits per heavy atom. The molecule has 0 bridgehead atoms. The van der Waals surface area contributed by atoms with E-state index in [1.54, 1.807) is 7.11 Å². The van der Waals surface area contributed by atoms with Gasteiger partial charge < -0.3 is 14.8 Å². The lowest BCUT2D eigenvalue weighted by atomic mass is 9.91. The van der Waals surface area contributed by atoms with Gasteiger partial charge in [0.25, 0.3) is 0 Å². The first-order valence-electron chi connectivity index (χ1n) is 6.49. The van der Waals surface area contributed by atoms with Crippen LogP contribution in [-0.4, -0.2) is 39.5 Å². The zero-order valence-electron chi connectivity index (χ0n) is 11.2. The first-order chi connectivity index (χ1) is 7.74. The quantitative estimate of drug-likeness (QED) is 0.656. The highest BCUT2D eigenvalue weighted by Crippen LogP contribution is 2.37. The minimum absolute atomic E-state index is 0.381. The van der Waals surface area contributed by atoms with Crippen molar-refractivity contribution in [3.63, 3.8) is 0 Å². The Hall–Kier alpha value is -0.120. The third-order valence-electron chi connectivity index (χ3n) is 3.54. The van der Waals surface area contributed by atoms with Crippen molar-refractivity contribution in [2.24, 2.45) is 11.8 Å². The van der Waals surface area contributed by atoms with Crippen molar-refractivity contribution >= 4 is 0 Å². The van der Waals surface area contributed by atoms with Crippen molar-refractivity contribution in [2.75, 3.05) is 27.4 Å². The molecule has 1 fully saturated rings. The van der Waals surface area contributed by atoms with Crippen LogP contribution >= 0.6 is 0 Å². The molecule has 1 aliphatic rings. The highest BCUT2D eigenvalue weighted by atomic mass is 16.5. The number of rotatable bonds is 9. The summed E-state index contributed by atoms with van der Waals surface area (Å²) in [5, 5.41) is 3.58. The summed E-state index contributed by atoms with van der Waals surface area (Å²) < 4.78 is 10.8. The molecule has 1 saturated carbocycles. The lowest BCUT2D eigenvalue weighted by molar-refractivity contribution is 0.0286. The van der Waals surface area contributed by atoms with Crippen LogP contribution in [-0.2, 0) is 9.47 Å². The predicted molar refractivity (Wildman–Crippen MR) is 66.6 cm³/mol. The second kappa shape index (κ2) is 7.25.